The number of fused-ring (bicyclic) bond motifs is 9. The van der Waals surface area contributed by atoms with Gasteiger partial charge in [0.25, 0.3) is 0 Å². The second-order valence-corrected chi connectivity index (χ2v) is 16.9. The molecule has 0 unspecified atom stereocenters. The van der Waals surface area contributed by atoms with Crippen LogP contribution in [0.4, 0.5) is 17.1 Å². The van der Waals surface area contributed by atoms with Gasteiger partial charge in [0.2, 0.25) is 0 Å². The number of para-hydroxylation sites is 1. The van der Waals surface area contributed by atoms with Gasteiger partial charge in [-0.3, -0.25) is 0 Å². The maximum absolute atomic E-state index is 2.49. The quantitative estimate of drug-likeness (QED) is 0.159. The van der Waals surface area contributed by atoms with E-state index in [2.05, 4.69) is 221 Å². The summed E-state index contributed by atoms with van der Waals surface area (Å²) in [7, 11) is 0. The summed E-state index contributed by atoms with van der Waals surface area (Å²) in [6, 6.07) is 70.1. The van der Waals surface area contributed by atoms with Crippen molar-refractivity contribution >= 4 is 38.6 Å². The summed E-state index contributed by atoms with van der Waals surface area (Å²) in [6.45, 7) is 9.55. The highest BCUT2D eigenvalue weighted by Gasteiger charge is 2.38. The topological polar surface area (TPSA) is 3.24 Å². The van der Waals surface area contributed by atoms with Gasteiger partial charge in [-0.05, 0) is 125 Å². The van der Waals surface area contributed by atoms with Crippen LogP contribution in [0.1, 0.15) is 49.9 Å². The third kappa shape index (κ3) is 5.02. The van der Waals surface area contributed by atoms with Gasteiger partial charge in [-0.1, -0.05) is 173 Å². The fraction of sp³-hybridized carbons (Fsp3) is 0.107. The molecule has 0 fully saturated rings. The zero-order chi connectivity index (χ0) is 38.5. The third-order valence-corrected chi connectivity index (χ3v) is 13.1. The molecule has 0 saturated heterocycles. The maximum Gasteiger partial charge on any atom is 0.0540 e. The highest BCUT2D eigenvalue weighted by Crippen LogP contribution is 2.54. The van der Waals surface area contributed by atoms with Crippen LogP contribution in [0.2, 0.25) is 0 Å². The first-order valence-corrected chi connectivity index (χ1v) is 20.2. The first-order chi connectivity index (χ1) is 27.8. The Morgan fingerprint density at radius 1 is 0.316 bits per heavy atom. The molecule has 0 aliphatic heterocycles. The molecule has 272 valence electrons. The number of benzene rings is 9. The van der Waals surface area contributed by atoms with Crippen LogP contribution in [0.3, 0.4) is 0 Å². The van der Waals surface area contributed by atoms with Crippen LogP contribution in [0, 0.1) is 0 Å². The molecule has 0 N–H and O–H groups in total. The van der Waals surface area contributed by atoms with Crippen LogP contribution < -0.4 is 4.90 Å². The van der Waals surface area contributed by atoms with Crippen LogP contribution in [-0.2, 0) is 10.8 Å². The van der Waals surface area contributed by atoms with E-state index >= 15 is 0 Å². The SMILES string of the molecule is CC1(C)c2ccccc2-c2ccc(N(c3ccc4c(c3)C(C)(C)c3cc(-c5cc6ccccc6c6ccccc56)ccc3-4)c3ccccc3-c3ccccc3)cc21. The molecule has 0 amide bonds. The number of hydrogen-bond donors (Lipinski definition) is 0. The summed E-state index contributed by atoms with van der Waals surface area (Å²) in [5.41, 5.74) is 18.9. The monoisotopic (exact) mass is 729 g/mol. The average molecular weight is 730 g/mol. The summed E-state index contributed by atoms with van der Waals surface area (Å²) >= 11 is 0. The molecule has 9 aromatic rings. The fourth-order valence-corrected chi connectivity index (χ4v) is 10.1. The second-order valence-electron chi connectivity index (χ2n) is 16.9. The smallest absolute Gasteiger partial charge is 0.0540 e. The van der Waals surface area contributed by atoms with Crippen molar-refractivity contribution < 1.29 is 0 Å². The molecule has 11 rings (SSSR count). The molecule has 0 spiro atoms. The van der Waals surface area contributed by atoms with Gasteiger partial charge in [0, 0.05) is 27.8 Å². The van der Waals surface area contributed by atoms with Gasteiger partial charge in [-0.15, -0.1) is 0 Å². The highest BCUT2D eigenvalue weighted by molar-refractivity contribution is 6.14. The Balaban J connectivity index is 1.08. The molecule has 2 aliphatic carbocycles. The number of rotatable bonds is 5. The predicted molar refractivity (Wildman–Crippen MR) is 242 cm³/mol. The third-order valence-electron chi connectivity index (χ3n) is 13.1. The van der Waals surface area contributed by atoms with Crippen molar-refractivity contribution in [3.8, 4) is 44.5 Å². The Hall–Kier alpha value is -6.70. The average Bonchev–Trinajstić information content (AvgIpc) is 3.62. The molecule has 1 heteroatoms. The lowest BCUT2D eigenvalue weighted by Gasteiger charge is -2.31. The van der Waals surface area contributed by atoms with Gasteiger partial charge in [-0.2, -0.15) is 0 Å². The first kappa shape index (κ1) is 33.6. The summed E-state index contributed by atoms with van der Waals surface area (Å²) in [4.78, 5) is 2.49. The largest absolute Gasteiger partial charge is 0.310 e. The molecule has 0 atom stereocenters. The Bertz CT molecular complexity index is 3070. The molecule has 9 aromatic carbocycles. The maximum atomic E-state index is 2.49. The van der Waals surface area contributed by atoms with Gasteiger partial charge >= 0.3 is 0 Å². The number of anilines is 3. The molecular weight excluding hydrogens is 687 g/mol. The van der Waals surface area contributed by atoms with Crippen LogP contribution in [0.5, 0.6) is 0 Å². The molecule has 2 aliphatic rings. The van der Waals surface area contributed by atoms with Crippen molar-refractivity contribution in [1.29, 1.82) is 0 Å². The molecule has 1 nitrogen and oxygen atoms in total. The second kappa shape index (κ2) is 12.4. The Morgan fingerprint density at radius 3 is 1.54 bits per heavy atom. The van der Waals surface area contributed by atoms with E-state index in [4.69, 9.17) is 0 Å². The lowest BCUT2D eigenvalue weighted by atomic mass is 9.81. The molecule has 0 bridgehead atoms. The normalized spacial score (nSPS) is 14.2. The highest BCUT2D eigenvalue weighted by atomic mass is 15.1. The van der Waals surface area contributed by atoms with E-state index in [1.165, 1.54) is 88.3 Å². The minimum absolute atomic E-state index is 0.109. The minimum Gasteiger partial charge on any atom is -0.310 e. The van der Waals surface area contributed by atoms with Gasteiger partial charge < -0.3 is 4.90 Å². The van der Waals surface area contributed by atoms with Gasteiger partial charge in [-0.25, -0.2) is 0 Å². The molecule has 0 aromatic heterocycles. The van der Waals surface area contributed by atoms with E-state index in [9.17, 15) is 0 Å². The van der Waals surface area contributed by atoms with Crippen LogP contribution >= 0.6 is 0 Å². The molecular formula is C56H43N. The molecule has 57 heavy (non-hydrogen) atoms. The standard InChI is InChI=1S/C56H43N/c1-55(2)50-24-14-12-23-45(50)47-30-27-39(34-52(47)55)57(54-25-15-13-20-42(54)36-16-6-5-7-17-36)40-28-31-48-46-29-26-38(33-51(46)56(3,4)53(48)35-40)49-32-37-18-8-9-19-41(37)43-21-10-11-22-44(43)49/h5-35H,1-4H3. The van der Waals surface area contributed by atoms with Crippen LogP contribution in [0.25, 0.3) is 66.1 Å². The van der Waals surface area contributed by atoms with E-state index in [0.717, 1.165) is 17.1 Å². The molecule has 0 heterocycles. The lowest BCUT2D eigenvalue weighted by molar-refractivity contribution is 0.660. The van der Waals surface area contributed by atoms with Crippen LogP contribution in [-0.4, -0.2) is 0 Å². The Morgan fingerprint density at radius 2 is 0.825 bits per heavy atom. The molecule has 0 radical (unpaired) electrons. The van der Waals surface area contributed by atoms with E-state index in [-0.39, 0.29) is 10.8 Å². The van der Waals surface area contributed by atoms with E-state index in [1.54, 1.807) is 0 Å². The van der Waals surface area contributed by atoms with Gasteiger partial charge in [0.1, 0.15) is 0 Å². The minimum atomic E-state index is -0.213. The summed E-state index contributed by atoms with van der Waals surface area (Å²) in [5, 5.41) is 5.16. The van der Waals surface area contributed by atoms with Crippen molar-refractivity contribution in [3.05, 3.63) is 210 Å². The van der Waals surface area contributed by atoms with E-state index < -0.39 is 0 Å². The fourth-order valence-electron chi connectivity index (χ4n) is 10.1. The Kier molecular flexibility index (Phi) is 7.32. The van der Waals surface area contributed by atoms with Crippen molar-refractivity contribution in [2.24, 2.45) is 0 Å². The zero-order valence-corrected chi connectivity index (χ0v) is 32.8. The first-order valence-electron chi connectivity index (χ1n) is 20.2. The van der Waals surface area contributed by atoms with Crippen LogP contribution in [0.15, 0.2) is 188 Å². The molecule has 0 saturated carbocycles. The summed E-state index contributed by atoms with van der Waals surface area (Å²) < 4.78 is 0. The summed E-state index contributed by atoms with van der Waals surface area (Å²) in [6.07, 6.45) is 0. The zero-order valence-electron chi connectivity index (χ0n) is 32.8. The predicted octanol–water partition coefficient (Wildman–Crippen LogP) is 15.4. The lowest BCUT2D eigenvalue weighted by Crippen LogP contribution is -2.18. The van der Waals surface area contributed by atoms with Gasteiger partial charge in [0.05, 0.1) is 5.69 Å². The van der Waals surface area contributed by atoms with Crippen molar-refractivity contribution in [2.45, 2.75) is 38.5 Å². The van der Waals surface area contributed by atoms with Crippen molar-refractivity contribution in [3.63, 3.8) is 0 Å². The number of nitrogens with zero attached hydrogens (tertiary/aromatic N) is 1. The van der Waals surface area contributed by atoms with Crippen molar-refractivity contribution in [2.75, 3.05) is 4.90 Å². The van der Waals surface area contributed by atoms with Gasteiger partial charge in [0.15, 0.2) is 0 Å². The summed E-state index contributed by atoms with van der Waals surface area (Å²) in [5.74, 6) is 0. The van der Waals surface area contributed by atoms with E-state index in [1.807, 2.05) is 0 Å². The van der Waals surface area contributed by atoms with E-state index in [0.29, 0.717) is 0 Å². The van der Waals surface area contributed by atoms with Crippen molar-refractivity contribution in [1.82, 2.24) is 0 Å². The number of hydrogen-bond acceptors (Lipinski definition) is 1. The Labute approximate surface area is 335 Å².